The topological polar surface area (TPSA) is 74.3 Å². The van der Waals surface area contributed by atoms with Crippen molar-refractivity contribution in [1.29, 1.82) is 0 Å². The number of benzene rings is 4. The van der Waals surface area contributed by atoms with Crippen LogP contribution in [0.15, 0.2) is 120 Å². The smallest absolute Gasteiger partial charge is 0.291 e. The van der Waals surface area contributed by atoms with Crippen molar-refractivity contribution in [3.05, 3.63) is 147 Å². The molecule has 0 amide bonds. The largest absolute Gasteiger partial charge is 0.489 e. The fourth-order valence-electron chi connectivity index (χ4n) is 4.81. The third kappa shape index (κ3) is 5.00. The summed E-state index contributed by atoms with van der Waals surface area (Å²) >= 11 is 1.32. The molecule has 0 N–H and O–H groups in total. The van der Waals surface area contributed by atoms with Crippen molar-refractivity contribution in [2.45, 2.75) is 13.5 Å². The molecule has 3 aromatic heterocycles. The number of fused-ring (bicyclic) bond motifs is 1. The van der Waals surface area contributed by atoms with Gasteiger partial charge in [0.1, 0.15) is 18.1 Å². The van der Waals surface area contributed by atoms with Crippen molar-refractivity contribution in [2.75, 3.05) is 0 Å². The first kappa shape index (κ1) is 25.6. The number of rotatable bonds is 7. The normalized spacial score (nSPS) is 11.8. The fraction of sp³-hybridized carbons (Fsp3) is 0.0588. The van der Waals surface area contributed by atoms with Gasteiger partial charge in [0, 0.05) is 22.9 Å². The Hall–Kier alpha value is -5.34. The van der Waals surface area contributed by atoms with Gasteiger partial charge in [-0.3, -0.25) is 4.79 Å². The Morgan fingerprint density at radius 1 is 0.833 bits per heavy atom. The molecule has 0 aliphatic heterocycles. The monoisotopic (exact) mass is 567 g/mol. The second kappa shape index (κ2) is 10.9. The highest BCUT2D eigenvalue weighted by Crippen LogP contribution is 2.29. The number of aryl methyl sites for hydroxylation is 1. The van der Waals surface area contributed by atoms with Crippen LogP contribution in [0.3, 0.4) is 0 Å². The zero-order valence-electron chi connectivity index (χ0n) is 22.7. The number of ether oxygens (including phenoxy) is 1. The van der Waals surface area contributed by atoms with E-state index in [1.165, 1.54) is 15.9 Å². The molecule has 0 spiro atoms. The van der Waals surface area contributed by atoms with Gasteiger partial charge in [-0.1, -0.05) is 90.2 Å². The summed E-state index contributed by atoms with van der Waals surface area (Å²) in [6.45, 7) is 2.52. The molecule has 7 rings (SSSR count). The molecule has 0 saturated heterocycles. The molecule has 0 fully saturated rings. The number of hydrogen-bond acceptors (Lipinski definition) is 6. The number of thiazole rings is 1. The van der Waals surface area contributed by atoms with Crippen LogP contribution < -0.4 is 14.8 Å². The summed E-state index contributed by atoms with van der Waals surface area (Å²) in [6, 6.07) is 35.7. The van der Waals surface area contributed by atoms with Crippen LogP contribution in [0.1, 0.15) is 16.7 Å². The van der Waals surface area contributed by atoms with Crippen LogP contribution in [0.5, 0.6) is 5.75 Å². The molecular weight excluding hydrogens is 542 g/mol. The third-order valence-corrected chi connectivity index (χ3v) is 7.91. The SMILES string of the molecule is Cc1cc(-c2nn(-c3ccccc3)cc2C=c2sc3nc(-c4ccccc4)nn3c2=O)ccc1OCc1ccccc1. The minimum absolute atomic E-state index is 0.205. The van der Waals surface area contributed by atoms with Crippen LogP contribution in [-0.4, -0.2) is 24.4 Å². The van der Waals surface area contributed by atoms with Crippen molar-refractivity contribution in [3.8, 4) is 34.1 Å². The van der Waals surface area contributed by atoms with Gasteiger partial charge in [-0.05, 0) is 54.5 Å². The Morgan fingerprint density at radius 2 is 1.55 bits per heavy atom. The van der Waals surface area contributed by atoms with Crippen molar-refractivity contribution in [3.63, 3.8) is 0 Å². The maximum absolute atomic E-state index is 13.4. The zero-order chi connectivity index (χ0) is 28.5. The zero-order valence-corrected chi connectivity index (χ0v) is 23.5. The van der Waals surface area contributed by atoms with Gasteiger partial charge < -0.3 is 4.74 Å². The fourth-order valence-corrected chi connectivity index (χ4v) is 5.71. The summed E-state index contributed by atoms with van der Waals surface area (Å²) < 4.78 is 9.86. The third-order valence-electron chi connectivity index (χ3n) is 6.95. The Balaban J connectivity index is 1.28. The standard InChI is InChI=1S/C34H25N5O2S/c1-23-19-26(17-18-29(23)41-22-24-11-5-2-6-12-24)31-27(21-38(36-31)28-15-9-4-10-16-28)20-30-33(40)39-34(42-30)35-32(37-39)25-13-7-3-8-14-25/h2-21H,22H2,1H3. The summed E-state index contributed by atoms with van der Waals surface area (Å²) in [5, 5.41) is 9.43. The van der Waals surface area contributed by atoms with Gasteiger partial charge >= 0.3 is 0 Å². The molecule has 7 nitrogen and oxygen atoms in total. The first-order valence-electron chi connectivity index (χ1n) is 13.5. The Bertz CT molecular complexity index is 2120. The molecule has 0 unspecified atom stereocenters. The summed E-state index contributed by atoms with van der Waals surface area (Å²) in [7, 11) is 0. The Morgan fingerprint density at radius 3 is 2.26 bits per heavy atom. The van der Waals surface area contributed by atoms with Crippen LogP contribution in [0.2, 0.25) is 0 Å². The van der Waals surface area contributed by atoms with Crippen LogP contribution in [0, 0.1) is 6.92 Å². The van der Waals surface area contributed by atoms with Crippen LogP contribution in [0.25, 0.3) is 39.4 Å². The molecule has 42 heavy (non-hydrogen) atoms. The van der Waals surface area contributed by atoms with E-state index >= 15 is 0 Å². The molecule has 0 aliphatic carbocycles. The van der Waals surface area contributed by atoms with Gasteiger partial charge in [0.05, 0.1) is 10.2 Å². The summed E-state index contributed by atoms with van der Waals surface area (Å²) in [5.41, 5.74) is 6.22. The first-order valence-corrected chi connectivity index (χ1v) is 14.3. The van der Waals surface area contributed by atoms with Crippen molar-refractivity contribution in [1.82, 2.24) is 24.4 Å². The highest BCUT2D eigenvalue weighted by molar-refractivity contribution is 7.15. The lowest BCUT2D eigenvalue weighted by molar-refractivity contribution is 0.304. The number of nitrogens with zero attached hydrogens (tertiary/aromatic N) is 5. The van der Waals surface area contributed by atoms with Crippen molar-refractivity contribution < 1.29 is 4.74 Å². The van der Waals surface area contributed by atoms with Gasteiger partial charge in [0.2, 0.25) is 4.96 Å². The molecule has 0 saturated carbocycles. The second-order valence-electron chi connectivity index (χ2n) is 9.88. The molecule has 8 heteroatoms. The molecule has 3 heterocycles. The highest BCUT2D eigenvalue weighted by atomic mass is 32.1. The lowest BCUT2D eigenvalue weighted by atomic mass is 10.0. The van der Waals surface area contributed by atoms with E-state index in [4.69, 9.17) is 9.84 Å². The van der Waals surface area contributed by atoms with E-state index in [-0.39, 0.29) is 5.56 Å². The molecule has 0 atom stereocenters. The van der Waals surface area contributed by atoms with Gasteiger partial charge in [0.25, 0.3) is 5.56 Å². The summed E-state index contributed by atoms with van der Waals surface area (Å²) in [5.74, 6) is 1.35. The van der Waals surface area contributed by atoms with Crippen LogP contribution >= 0.6 is 11.3 Å². The Labute approximate surface area is 245 Å². The molecule has 7 aromatic rings. The predicted octanol–water partition coefficient (Wildman–Crippen LogP) is 6.11. The average molecular weight is 568 g/mol. The summed E-state index contributed by atoms with van der Waals surface area (Å²) in [6.07, 6.45) is 3.83. The van der Waals surface area contributed by atoms with Crippen molar-refractivity contribution in [2.24, 2.45) is 0 Å². The lowest BCUT2D eigenvalue weighted by Crippen LogP contribution is -2.23. The molecule has 0 aliphatic rings. The number of hydrogen-bond donors (Lipinski definition) is 0. The maximum Gasteiger partial charge on any atom is 0.291 e. The predicted molar refractivity (Wildman–Crippen MR) is 166 cm³/mol. The molecule has 4 aromatic carbocycles. The van der Waals surface area contributed by atoms with E-state index in [9.17, 15) is 4.79 Å². The Kier molecular flexibility index (Phi) is 6.65. The van der Waals surface area contributed by atoms with Crippen LogP contribution in [0.4, 0.5) is 0 Å². The van der Waals surface area contributed by atoms with Gasteiger partial charge in [-0.25, -0.2) is 4.68 Å². The minimum atomic E-state index is -0.205. The van der Waals surface area contributed by atoms with Gasteiger partial charge in [0.15, 0.2) is 5.82 Å². The lowest BCUT2D eigenvalue weighted by Gasteiger charge is -2.10. The highest BCUT2D eigenvalue weighted by Gasteiger charge is 2.16. The second-order valence-corrected chi connectivity index (χ2v) is 10.9. The van der Waals surface area contributed by atoms with Gasteiger partial charge in [-0.2, -0.15) is 14.6 Å². The maximum atomic E-state index is 13.4. The number of para-hydroxylation sites is 1. The quantitative estimate of drug-likeness (QED) is 0.233. The molecular formula is C34H25N5O2S. The van der Waals surface area contributed by atoms with E-state index < -0.39 is 0 Å². The molecule has 204 valence electrons. The van der Waals surface area contributed by atoms with E-state index in [0.717, 1.165) is 44.9 Å². The van der Waals surface area contributed by atoms with Crippen LogP contribution in [-0.2, 0) is 6.61 Å². The number of aromatic nitrogens is 5. The first-order chi connectivity index (χ1) is 20.6. The van der Waals surface area contributed by atoms with Gasteiger partial charge in [-0.15, -0.1) is 5.10 Å². The van der Waals surface area contributed by atoms with E-state index in [0.29, 0.717) is 21.9 Å². The van der Waals surface area contributed by atoms with E-state index in [1.54, 1.807) is 0 Å². The summed E-state index contributed by atoms with van der Waals surface area (Å²) in [4.78, 5) is 18.6. The molecule has 0 radical (unpaired) electrons. The average Bonchev–Trinajstić information content (AvgIpc) is 3.73. The van der Waals surface area contributed by atoms with Crippen molar-refractivity contribution >= 4 is 22.4 Å². The minimum Gasteiger partial charge on any atom is -0.489 e. The van der Waals surface area contributed by atoms with E-state index in [2.05, 4.69) is 16.1 Å². The molecule has 0 bridgehead atoms. The van der Waals surface area contributed by atoms with E-state index in [1.807, 2.05) is 127 Å².